The fourth-order valence-electron chi connectivity index (χ4n) is 5.59. The number of hydrogen-bond acceptors (Lipinski definition) is 3. The summed E-state index contributed by atoms with van der Waals surface area (Å²) in [6.45, 7) is 2.07. The third-order valence-electron chi connectivity index (χ3n) is 7.61. The molecule has 0 aliphatic heterocycles. The number of aromatic nitrogens is 2. The van der Waals surface area contributed by atoms with Crippen LogP contribution in [-0.4, -0.2) is 21.9 Å². The molecule has 2 aliphatic carbocycles. The van der Waals surface area contributed by atoms with Gasteiger partial charge < -0.3 is 10.1 Å². The number of benzene rings is 2. The van der Waals surface area contributed by atoms with Crippen molar-refractivity contribution in [2.24, 2.45) is 5.92 Å². The quantitative estimate of drug-likeness (QED) is 0.310. The number of nitrogens with one attached hydrogen (secondary N) is 1. The van der Waals surface area contributed by atoms with Crippen molar-refractivity contribution >= 4 is 52.5 Å². The number of carbonyl (C=O) groups excluding carboxylic acids is 1. The molecule has 1 amide bonds. The minimum absolute atomic E-state index is 0.0505. The van der Waals surface area contributed by atoms with Gasteiger partial charge in [-0.05, 0) is 98.9 Å². The Bertz CT molecular complexity index is 1330. The molecule has 1 heterocycles. The lowest BCUT2D eigenvalue weighted by atomic mass is 9.85. The van der Waals surface area contributed by atoms with Crippen LogP contribution in [0, 0.1) is 5.92 Å². The third-order valence-corrected chi connectivity index (χ3v) is 8.40. The summed E-state index contributed by atoms with van der Waals surface area (Å²) in [5, 5.41) is 9.57. The summed E-state index contributed by atoms with van der Waals surface area (Å²) in [5.74, 6) is 0.802. The van der Waals surface area contributed by atoms with Crippen LogP contribution in [0.15, 0.2) is 42.5 Å². The van der Waals surface area contributed by atoms with Gasteiger partial charge in [-0.1, -0.05) is 66.2 Å². The van der Waals surface area contributed by atoms with Gasteiger partial charge in [-0.2, -0.15) is 0 Å². The van der Waals surface area contributed by atoms with E-state index >= 15 is 0 Å². The Morgan fingerprint density at radius 2 is 1.71 bits per heavy atom. The minimum Gasteiger partial charge on any atom is -0.389 e. The lowest BCUT2D eigenvalue weighted by molar-refractivity contribution is 0.184. The second-order valence-electron chi connectivity index (χ2n) is 10.3. The highest BCUT2D eigenvalue weighted by Crippen LogP contribution is 2.39. The molecule has 0 bridgehead atoms. The van der Waals surface area contributed by atoms with Crippen molar-refractivity contribution in [1.29, 1.82) is 0 Å². The average molecular weight is 573 g/mol. The highest BCUT2D eigenvalue weighted by Gasteiger charge is 2.28. The van der Waals surface area contributed by atoms with E-state index in [0.717, 1.165) is 60.9 Å². The van der Waals surface area contributed by atoms with Crippen molar-refractivity contribution in [2.45, 2.75) is 70.8 Å². The maximum Gasteiger partial charge on any atom is 0.414 e. The van der Waals surface area contributed by atoms with Gasteiger partial charge in [-0.15, -0.1) is 5.10 Å². The molecule has 1 saturated carbocycles. The van der Waals surface area contributed by atoms with Crippen LogP contribution in [0.2, 0.25) is 15.1 Å². The SMILES string of the molecule is C[C@H](NC(=O)Oc1nn(-c2ccc(Cl)cc2Cl)c2c1CCCC/C2=C\c1ccc(Cl)cc1)C1CCCCC1. The molecule has 0 saturated heterocycles. The summed E-state index contributed by atoms with van der Waals surface area (Å²) >= 11 is 19.0. The number of nitrogens with zero attached hydrogens (tertiary/aromatic N) is 2. The van der Waals surface area contributed by atoms with Crippen LogP contribution in [0.25, 0.3) is 17.3 Å². The number of fused-ring (bicyclic) bond motifs is 1. The van der Waals surface area contributed by atoms with Gasteiger partial charge in [-0.3, -0.25) is 0 Å². The van der Waals surface area contributed by atoms with Gasteiger partial charge in [0.1, 0.15) is 0 Å². The van der Waals surface area contributed by atoms with Crippen LogP contribution in [0.3, 0.4) is 0 Å². The zero-order valence-corrected chi connectivity index (χ0v) is 23.8. The molecule has 200 valence electrons. The number of hydrogen-bond donors (Lipinski definition) is 1. The summed E-state index contributed by atoms with van der Waals surface area (Å²) in [6.07, 6.45) is 11.2. The van der Waals surface area contributed by atoms with Crippen molar-refractivity contribution in [3.63, 3.8) is 0 Å². The highest BCUT2D eigenvalue weighted by atomic mass is 35.5. The van der Waals surface area contributed by atoms with E-state index < -0.39 is 6.09 Å². The molecule has 38 heavy (non-hydrogen) atoms. The van der Waals surface area contributed by atoms with Gasteiger partial charge in [0.05, 0.1) is 16.4 Å². The molecule has 8 heteroatoms. The Hall–Kier alpha value is -2.47. The van der Waals surface area contributed by atoms with Crippen molar-refractivity contribution in [1.82, 2.24) is 15.1 Å². The Kier molecular flexibility index (Phi) is 8.67. The van der Waals surface area contributed by atoms with E-state index in [4.69, 9.17) is 44.6 Å². The smallest absolute Gasteiger partial charge is 0.389 e. The first kappa shape index (κ1) is 27.1. The highest BCUT2D eigenvalue weighted by molar-refractivity contribution is 6.35. The molecule has 0 spiro atoms. The molecule has 2 aliphatic rings. The standard InChI is InChI=1S/C30H32Cl3N3O2/c1-19(21-7-3-2-4-8-21)34-30(37)38-29-25-10-6-5-9-22(17-20-11-13-23(31)14-12-20)28(25)36(35-29)27-16-15-24(32)18-26(27)33/h11-19,21H,2-10H2,1H3,(H,34,37)/b22-17+/t19-/m0/s1. The lowest BCUT2D eigenvalue weighted by Crippen LogP contribution is -2.40. The second kappa shape index (κ2) is 12.1. The first-order valence-corrected chi connectivity index (χ1v) is 14.5. The molecule has 0 unspecified atom stereocenters. The molecule has 5 nitrogen and oxygen atoms in total. The van der Waals surface area contributed by atoms with Crippen LogP contribution in [-0.2, 0) is 6.42 Å². The van der Waals surface area contributed by atoms with Crippen molar-refractivity contribution < 1.29 is 9.53 Å². The van der Waals surface area contributed by atoms with E-state index in [0.29, 0.717) is 32.6 Å². The summed E-state index contributed by atoms with van der Waals surface area (Å²) < 4.78 is 7.71. The lowest BCUT2D eigenvalue weighted by Gasteiger charge is -2.27. The first-order valence-electron chi connectivity index (χ1n) is 13.4. The molecule has 1 atom stereocenters. The molecular weight excluding hydrogens is 541 g/mol. The van der Waals surface area contributed by atoms with Crippen molar-refractivity contribution in [2.75, 3.05) is 0 Å². The van der Waals surface area contributed by atoms with Gasteiger partial charge in [0, 0.05) is 21.7 Å². The summed E-state index contributed by atoms with van der Waals surface area (Å²) in [6, 6.07) is 13.1. The van der Waals surface area contributed by atoms with E-state index in [1.807, 2.05) is 30.3 Å². The predicted octanol–water partition coefficient (Wildman–Crippen LogP) is 9.16. The van der Waals surface area contributed by atoms with Crippen LogP contribution < -0.4 is 10.1 Å². The van der Waals surface area contributed by atoms with Crippen LogP contribution >= 0.6 is 34.8 Å². The van der Waals surface area contributed by atoms with Crippen molar-refractivity contribution in [3.8, 4) is 11.6 Å². The Morgan fingerprint density at radius 3 is 2.45 bits per heavy atom. The van der Waals surface area contributed by atoms with E-state index in [-0.39, 0.29) is 6.04 Å². The minimum atomic E-state index is -0.467. The topological polar surface area (TPSA) is 56.1 Å². The number of halogens is 3. The normalized spacial score (nSPS) is 18.1. The zero-order chi connectivity index (χ0) is 26.6. The number of amides is 1. The summed E-state index contributed by atoms with van der Waals surface area (Å²) in [7, 11) is 0. The first-order chi connectivity index (χ1) is 18.4. The largest absolute Gasteiger partial charge is 0.414 e. The number of allylic oxidation sites excluding steroid dienone is 1. The van der Waals surface area contributed by atoms with E-state index in [9.17, 15) is 4.79 Å². The maximum atomic E-state index is 13.0. The van der Waals surface area contributed by atoms with Gasteiger partial charge in [0.25, 0.3) is 0 Å². The molecular formula is C30H32Cl3N3O2. The Balaban J connectivity index is 1.53. The van der Waals surface area contributed by atoms with E-state index in [1.54, 1.807) is 16.8 Å². The van der Waals surface area contributed by atoms with E-state index in [1.165, 1.54) is 19.3 Å². The fraction of sp³-hybridized carbons (Fsp3) is 0.400. The number of carbonyl (C=O) groups is 1. The fourth-order valence-corrected chi connectivity index (χ4v) is 6.20. The van der Waals surface area contributed by atoms with Crippen LogP contribution in [0.5, 0.6) is 5.88 Å². The zero-order valence-electron chi connectivity index (χ0n) is 21.5. The Labute approximate surface area is 239 Å². The van der Waals surface area contributed by atoms with Gasteiger partial charge >= 0.3 is 6.09 Å². The predicted molar refractivity (Wildman–Crippen MR) is 156 cm³/mol. The monoisotopic (exact) mass is 571 g/mol. The summed E-state index contributed by atoms with van der Waals surface area (Å²) in [5.41, 5.74) is 4.64. The molecule has 1 N–H and O–H groups in total. The van der Waals surface area contributed by atoms with Crippen molar-refractivity contribution in [3.05, 3.63) is 74.4 Å². The Morgan fingerprint density at radius 1 is 1.00 bits per heavy atom. The molecule has 5 rings (SSSR count). The third kappa shape index (κ3) is 6.22. The van der Waals surface area contributed by atoms with Crippen LogP contribution in [0.4, 0.5) is 4.79 Å². The summed E-state index contributed by atoms with van der Waals surface area (Å²) in [4.78, 5) is 13.0. The van der Waals surface area contributed by atoms with Gasteiger partial charge in [-0.25, -0.2) is 9.48 Å². The maximum absolute atomic E-state index is 13.0. The molecule has 1 aromatic heterocycles. The molecule has 2 aromatic carbocycles. The molecule has 1 fully saturated rings. The van der Waals surface area contributed by atoms with Gasteiger partial charge in [0.15, 0.2) is 0 Å². The van der Waals surface area contributed by atoms with Crippen LogP contribution in [0.1, 0.15) is 75.1 Å². The number of ether oxygens (including phenoxy) is 1. The van der Waals surface area contributed by atoms with Gasteiger partial charge in [0.2, 0.25) is 5.88 Å². The molecule has 3 aromatic rings. The molecule has 0 radical (unpaired) electrons. The number of rotatable bonds is 5. The second-order valence-corrected chi connectivity index (χ2v) is 11.6. The van der Waals surface area contributed by atoms with E-state index in [2.05, 4.69) is 18.3 Å². The average Bonchev–Trinajstić information content (AvgIpc) is 3.10.